The Hall–Kier alpha value is -3.86. The maximum atomic E-state index is 13.5. The number of nitriles is 1. The van der Waals surface area contributed by atoms with E-state index in [1.165, 1.54) is 0 Å². The molecule has 0 aromatic heterocycles. The molecule has 0 bridgehead atoms. The van der Waals surface area contributed by atoms with E-state index in [1.807, 2.05) is 57.2 Å². The van der Waals surface area contributed by atoms with Gasteiger partial charge in [-0.25, -0.2) is 4.79 Å². The summed E-state index contributed by atoms with van der Waals surface area (Å²) in [6, 6.07) is 13.7. The number of nitrogens with one attached hydrogen (secondary N) is 2. The van der Waals surface area contributed by atoms with Crippen molar-refractivity contribution in [2.45, 2.75) is 53.2 Å². The highest BCUT2D eigenvalue weighted by Crippen LogP contribution is 2.26. The predicted molar refractivity (Wildman–Crippen MR) is 130 cm³/mol. The van der Waals surface area contributed by atoms with Crippen molar-refractivity contribution in [3.05, 3.63) is 64.7 Å². The molecule has 0 saturated carbocycles. The second-order valence-corrected chi connectivity index (χ2v) is 9.10. The zero-order valence-electron chi connectivity index (χ0n) is 20.6. The second-order valence-electron chi connectivity index (χ2n) is 9.10. The number of carbonyl (C=O) groups is 3. The topological polar surface area (TPSA) is 112 Å². The van der Waals surface area contributed by atoms with E-state index in [0.29, 0.717) is 11.3 Å². The van der Waals surface area contributed by atoms with Crippen molar-refractivity contribution in [1.29, 1.82) is 5.26 Å². The molecule has 0 radical (unpaired) electrons. The third-order valence-corrected chi connectivity index (χ3v) is 5.03. The normalized spacial score (nSPS) is 11.7. The molecule has 0 aliphatic rings. The van der Waals surface area contributed by atoms with Gasteiger partial charge in [0.15, 0.2) is 0 Å². The fourth-order valence-electron chi connectivity index (χ4n) is 3.39. The van der Waals surface area contributed by atoms with Gasteiger partial charge in [0, 0.05) is 5.69 Å². The number of hydrogen-bond acceptors (Lipinski definition) is 5. The molecule has 0 aliphatic heterocycles. The molecular weight excluding hydrogens is 432 g/mol. The van der Waals surface area contributed by atoms with Gasteiger partial charge in [0.05, 0.1) is 6.07 Å². The molecule has 180 valence electrons. The van der Waals surface area contributed by atoms with E-state index in [1.54, 1.807) is 32.9 Å². The number of carbonyl (C=O) groups excluding carboxylic acids is 3. The summed E-state index contributed by atoms with van der Waals surface area (Å²) in [6.07, 6.45) is -0.760. The molecule has 2 rings (SSSR count). The third kappa shape index (κ3) is 7.34. The Morgan fingerprint density at radius 1 is 1.03 bits per heavy atom. The fraction of sp³-hybridized carbons (Fsp3) is 0.385. The zero-order valence-corrected chi connectivity index (χ0v) is 20.6. The first-order valence-electron chi connectivity index (χ1n) is 11.0. The molecule has 0 fully saturated rings. The number of anilines is 1. The lowest BCUT2D eigenvalue weighted by Crippen LogP contribution is -2.46. The van der Waals surface area contributed by atoms with E-state index >= 15 is 0 Å². The highest BCUT2D eigenvalue weighted by Gasteiger charge is 2.32. The van der Waals surface area contributed by atoms with Crippen molar-refractivity contribution in [3.8, 4) is 6.07 Å². The highest BCUT2D eigenvalue weighted by molar-refractivity contribution is 5.99. The van der Waals surface area contributed by atoms with Crippen LogP contribution in [-0.2, 0) is 14.3 Å². The Morgan fingerprint density at radius 2 is 1.62 bits per heavy atom. The minimum absolute atomic E-state index is 0.340. The summed E-state index contributed by atoms with van der Waals surface area (Å²) in [6.45, 7) is 10.0. The molecule has 3 amide bonds. The maximum absolute atomic E-state index is 13.5. The lowest BCUT2D eigenvalue weighted by Gasteiger charge is -2.30. The first-order valence-corrected chi connectivity index (χ1v) is 11.0. The smallest absolute Gasteiger partial charge is 0.408 e. The molecule has 0 heterocycles. The van der Waals surface area contributed by atoms with Gasteiger partial charge < -0.3 is 20.3 Å². The van der Waals surface area contributed by atoms with Gasteiger partial charge >= 0.3 is 6.09 Å². The van der Waals surface area contributed by atoms with Gasteiger partial charge in [-0.05, 0) is 58.2 Å². The molecule has 2 N–H and O–H groups in total. The van der Waals surface area contributed by atoms with E-state index in [-0.39, 0.29) is 6.54 Å². The molecule has 0 spiro atoms. The number of nitrogens with zero attached hydrogens (tertiary/aromatic N) is 2. The molecule has 0 saturated heterocycles. The van der Waals surface area contributed by atoms with Crippen LogP contribution in [0.1, 0.15) is 49.1 Å². The minimum atomic E-state index is -1.08. The average Bonchev–Trinajstić information content (AvgIpc) is 2.74. The van der Waals surface area contributed by atoms with Crippen molar-refractivity contribution >= 4 is 23.6 Å². The van der Waals surface area contributed by atoms with Crippen molar-refractivity contribution < 1.29 is 19.1 Å². The van der Waals surface area contributed by atoms with Crippen LogP contribution < -0.4 is 10.6 Å². The second kappa shape index (κ2) is 11.3. The summed E-state index contributed by atoms with van der Waals surface area (Å²) in [5.41, 5.74) is 3.22. The molecule has 2 aromatic rings. The van der Waals surface area contributed by atoms with Crippen LogP contribution in [0.2, 0.25) is 0 Å². The van der Waals surface area contributed by atoms with Gasteiger partial charge in [-0.1, -0.05) is 48.0 Å². The molecule has 2 aromatic carbocycles. The van der Waals surface area contributed by atoms with Gasteiger partial charge in [-0.15, -0.1) is 0 Å². The van der Waals surface area contributed by atoms with Crippen LogP contribution in [0.4, 0.5) is 10.5 Å². The number of amides is 3. The standard InChI is InChI=1S/C26H32N4O4/c1-17-10-12-20(13-11-17)23(24(32)29-22-18(2)8-7-9-19(22)3)30(15-14-27)21(31)16-28-25(33)34-26(4,5)6/h7-13,23H,15-16H2,1-6H3,(H,28,33)(H,29,32). The summed E-state index contributed by atoms with van der Waals surface area (Å²) >= 11 is 0. The summed E-state index contributed by atoms with van der Waals surface area (Å²) in [4.78, 5) is 39.8. The van der Waals surface area contributed by atoms with E-state index in [9.17, 15) is 19.6 Å². The summed E-state index contributed by atoms with van der Waals surface area (Å²) in [5, 5.41) is 14.8. The Balaban J connectivity index is 2.37. The van der Waals surface area contributed by atoms with Gasteiger partial charge in [0.2, 0.25) is 5.91 Å². The van der Waals surface area contributed by atoms with Gasteiger partial charge in [0.1, 0.15) is 24.7 Å². The minimum Gasteiger partial charge on any atom is -0.444 e. The van der Waals surface area contributed by atoms with Crippen LogP contribution in [0.15, 0.2) is 42.5 Å². The predicted octanol–water partition coefficient (Wildman–Crippen LogP) is 4.17. The SMILES string of the molecule is Cc1ccc(C(C(=O)Nc2c(C)cccc2C)N(CC#N)C(=O)CNC(=O)OC(C)(C)C)cc1. The molecule has 1 atom stereocenters. The van der Waals surface area contributed by atoms with Crippen LogP contribution in [-0.4, -0.2) is 41.5 Å². The zero-order chi connectivity index (χ0) is 25.5. The van der Waals surface area contributed by atoms with Gasteiger partial charge in [-0.2, -0.15) is 5.26 Å². The number of rotatable bonds is 7. The van der Waals surface area contributed by atoms with Crippen molar-refractivity contribution in [3.63, 3.8) is 0 Å². The number of alkyl carbamates (subject to hydrolysis) is 1. The van der Waals surface area contributed by atoms with Crippen LogP contribution in [0.5, 0.6) is 0 Å². The first kappa shape index (κ1) is 26.4. The van der Waals surface area contributed by atoms with E-state index in [4.69, 9.17) is 4.74 Å². The Labute approximate surface area is 200 Å². The molecule has 8 nitrogen and oxygen atoms in total. The Morgan fingerprint density at radius 3 is 2.15 bits per heavy atom. The quantitative estimate of drug-likeness (QED) is 0.598. The monoisotopic (exact) mass is 464 g/mol. The summed E-state index contributed by atoms with van der Waals surface area (Å²) in [5.74, 6) is -1.04. The van der Waals surface area contributed by atoms with Crippen molar-refractivity contribution in [2.75, 3.05) is 18.4 Å². The Bertz CT molecular complexity index is 1060. The lowest BCUT2D eigenvalue weighted by molar-refractivity contribution is -0.137. The van der Waals surface area contributed by atoms with Crippen molar-refractivity contribution in [1.82, 2.24) is 10.2 Å². The number of benzene rings is 2. The van der Waals surface area contributed by atoms with Crippen molar-refractivity contribution in [2.24, 2.45) is 0 Å². The van der Waals surface area contributed by atoms with Crippen LogP contribution in [0.3, 0.4) is 0 Å². The summed E-state index contributed by atoms with van der Waals surface area (Å²) < 4.78 is 5.17. The van der Waals surface area contributed by atoms with Crippen LogP contribution >= 0.6 is 0 Å². The number of ether oxygens (including phenoxy) is 1. The fourth-order valence-corrected chi connectivity index (χ4v) is 3.39. The molecule has 0 aliphatic carbocycles. The van der Waals surface area contributed by atoms with Crippen LogP contribution in [0, 0.1) is 32.1 Å². The highest BCUT2D eigenvalue weighted by atomic mass is 16.6. The molecule has 1 unspecified atom stereocenters. The largest absolute Gasteiger partial charge is 0.444 e. The average molecular weight is 465 g/mol. The Kier molecular flexibility index (Phi) is 8.79. The van der Waals surface area contributed by atoms with E-state index in [2.05, 4.69) is 10.6 Å². The number of para-hydroxylation sites is 1. The number of hydrogen-bond donors (Lipinski definition) is 2. The lowest BCUT2D eigenvalue weighted by atomic mass is 10.0. The maximum Gasteiger partial charge on any atom is 0.408 e. The number of aryl methyl sites for hydroxylation is 3. The van der Waals surface area contributed by atoms with Gasteiger partial charge in [0.25, 0.3) is 5.91 Å². The first-order chi connectivity index (χ1) is 15.9. The molecular formula is C26H32N4O4. The molecule has 34 heavy (non-hydrogen) atoms. The van der Waals surface area contributed by atoms with Gasteiger partial charge in [-0.3, -0.25) is 9.59 Å². The third-order valence-electron chi connectivity index (χ3n) is 5.03. The van der Waals surface area contributed by atoms with E-state index in [0.717, 1.165) is 21.6 Å². The summed E-state index contributed by atoms with van der Waals surface area (Å²) in [7, 11) is 0. The van der Waals surface area contributed by atoms with Crippen LogP contribution in [0.25, 0.3) is 0 Å². The molecule has 8 heteroatoms. The van der Waals surface area contributed by atoms with E-state index < -0.39 is 36.1 Å².